The Hall–Kier alpha value is -1.28. The van der Waals surface area contributed by atoms with E-state index in [0.29, 0.717) is 13.0 Å². The van der Waals surface area contributed by atoms with Crippen LogP contribution in [0.15, 0.2) is 0 Å². The van der Waals surface area contributed by atoms with Crippen molar-refractivity contribution in [1.82, 2.24) is 20.4 Å². The first-order valence-corrected chi connectivity index (χ1v) is 8.11. The third-order valence-electron chi connectivity index (χ3n) is 4.50. The van der Waals surface area contributed by atoms with E-state index >= 15 is 0 Å². The van der Waals surface area contributed by atoms with Crippen LogP contribution in [0, 0.1) is 0 Å². The predicted octanol–water partition coefficient (Wildman–Crippen LogP) is 0.0425. The lowest BCUT2D eigenvalue weighted by molar-refractivity contribution is -0.129. The molecule has 0 aromatic rings. The van der Waals surface area contributed by atoms with E-state index in [2.05, 4.69) is 15.5 Å². The highest BCUT2D eigenvalue weighted by Gasteiger charge is 2.42. The highest BCUT2D eigenvalue weighted by molar-refractivity contribution is 5.82. The molecule has 2 N–H and O–H groups in total. The number of carbonyl (C=O) groups excluding carboxylic acids is 2. The third kappa shape index (κ3) is 5.39. The van der Waals surface area contributed by atoms with Gasteiger partial charge in [0.05, 0.1) is 12.6 Å². The van der Waals surface area contributed by atoms with Crippen LogP contribution in [0.4, 0.5) is 8.78 Å². The van der Waals surface area contributed by atoms with E-state index in [1.54, 1.807) is 19.0 Å². The van der Waals surface area contributed by atoms with E-state index in [0.717, 1.165) is 25.9 Å². The van der Waals surface area contributed by atoms with Crippen LogP contribution in [-0.2, 0) is 9.59 Å². The van der Waals surface area contributed by atoms with Gasteiger partial charge >= 0.3 is 0 Å². The van der Waals surface area contributed by atoms with Gasteiger partial charge in [0.15, 0.2) is 0 Å². The summed E-state index contributed by atoms with van der Waals surface area (Å²) >= 11 is 0. The molecular formula is C15H26F2N4O2. The van der Waals surface area contributed by atoms with Gasteiger partial charge in [-0.3, -0.25) is 14.9 Å². The summed E-state index contributed by atoms with van der Waals surface area (Å²) in [7, 11) is 3.48. The molecule has 2 saturated heterocycles. The molecule has 2 aliphatic heterocycles. The highest BCUT2D eigenvalue weighted by atomic mass is 19.3. The number of halogens is 2. The molecule has 0 spiro atoms. The fourth-order valence-electron chi connectivity index (χ4n) is 2.98. The SMILES string of the molecule is CN(C)C(=O)CCN1CCC(NC(=O)C2CC(F)(F)CN2)CC1. The second-order valence-corrected chi connectivity index (χ2v) is 6.66. The average Bonchev–Trinajstić information content (AvgIpc) is 2.86. The molecule has 23 heavy (non-hydrogen) atoms. The van der Waals surface area contributed by atoms with Crippen molar-refractivity contribution in [2.45, 2.75) is 43.7 Å². The van der Waals surface area contributed by atoms with Crippen LogP contribution in [0.25, 0.3) is 0 Å². The maximum Gasteiger partial charge on any atom is 0.262 e. The van der Waals surface area contributed by atoms with Crippen LogP contribution in [0.2, 0.25) is 0 Å². The molecule has 2 aliphatic rings. The second kappa shape index (κ2) is 7.53. The Kier molecular flexibility index (Phi) is 5.91. The maximum absolute atomic E-state index is 13.1. The first kappa shape index (κ1) is 18.1. The monoisotopic (exact) mass is 332 g/mol. The second-order valence-electron chi connectivity index (χ2n) is 6.66. The lowest BCUT2D eigenvalue weighted by atomic mass is 10.0. The van der Waals surface area contributed by atoms with Gasteiger partial charge in [0.1, 0.15) is 0 Å². The molecule has 0 saturated carbocycles. The van der Waals surface area contributed by atoms with E-state index in [4.69, 9.17) is 0 Å². The summed E-state index contributed by atoms with van der Waals surface area (Å²) in [6.07, 6.45) is 1.63. The Balaban J connectivity index is 1.67. The van der Waals surface area contributed by atoms with Crippen molar-refractivity contribution in [3.8, 4) is 0 Å². The van der Waals surface area contributed by atoms with Crippen molar-refractivity contribution in [1.29, 1.82) is 0 Å². The topological polar surface area (TPSA) is 64.7 Å². The Morgan fingerprint density at radius 3 is 2.48 bits per heavy atom. The van der Waals surface area contributed by atoms with E-state index in [1.807, 2.05) is 0 Å². The van der Waals surface area contributed by atoms with Crippen LogP contribution in [0.5, 0.6) is 0 Å². The Labute approximate surface area is 135 Å². The van der Waals surface area contributed by atoms with Gasteiger partial charge in [-0.25, -0.2) is 8.78 Å². The molecule has 0 bridgehead atoms. The molecule has 132 valence electrons. The smallest absolute Gasteiger partial charge is 0.262 e. The van der Waals surface area contributed by atoms with Crippen LogP contribution in [0.3, 0.4) is 0 Å². The molecule has 0 aliphatic carbocycles. The van der Waals surface area contributed by atoms with Crippen molar-refractivity contribution >= 4 is 11.8 Å². The zero-order chi connectivity index (χ0) is 17.0. The molecule has 2 rings (SSSR count). The summed E-state index contributed by atoms with van der Waals surface area (Å²) in [5, 5.41) is 5.44. The zero-order valence-electron chi connectivity index (χ0n) is 13.8. The standard InChI is InChI=1S/C15H26F2N4O2/c1-20(2)13(22)5-8-21-6-3-11(4-7-21)19-14(23)12-9-15(16,17)10-18-12/h11-12,18H,3-10H2,1-2H3,(H,19,23). The Bertz CT molecular complexity index is 437. The van der Waals surface area contributed by atoms with Gasteiger partial charge < -0.3 is 15.1 Å². The molecule has 8 heteroatoms. The van der Waals surface area contributed by atoms with Crippen LogP contribution in [0.1, 0.15) is 25.7 Å². The molecule has 1 atom stereocenters. The number of rotatable bonds is 5. The maximum atomic E-state index is 13.1. The van der Waals surface area contributed by atoms with Gasteiger partial charge in [0.2, 0.25) is 11.8 Å². The van der Waals surface area contributed by atoms with E-state index < -0.39 is 24.9 Å². The summed E-state index contributed by atoms with van der Waals surface area (Å²) < 4.78 is 26.2. The van der Waals surface area contributed by atoms with Crippen molar-refractivity contribution < 1.29 is 18.4 Å². The molecule has 0 aromatic heterocycles. The van der Waals surface area contributed by atoms with Crippen molar-refractivity contribution in [3.63, 3.8) is 0 Å². The highest BCUT2D eigenvalue weighted by Crippen LogP contribution is 2.25. The minimum absolute atomic E-state index is 0.0272. The van der Waals surface area contributed by atoms with Crippen molar-refractivity contribution in [2.75, 3.05) is 40.3 Å². The molecule has 0 radical (unpaired) electrons. The lowest BCUT2D eigenvalue weighted by Crippen LogP contribution is -2.49. The molecular weight excluding hydrogens is 306 g/mol. The van der Waals surface area contributed by atoms with Crippen LogP contribution < -0.4 is 10.6 Å². The Morgan fingerprint density at radius 2 is 1.96 bits per heavy atom. The molecule has 0 aromatic carbocycles. The van der Waals surface area contributed by atoms with Gasteiger partial charge in [-0.2, -0.15) is 0 Å². The molecule has 2 fully saturated rings. The van der Waals surface area contributed by atoms with Crippen molar-refractivity contribution in [2.24, 2.45) is 0 Å². The van der Waals surface area contributed by atoms with Crippen molar-refractivity contribution in [3.05, 3.63) is 0 Å². The Morgan fingerprint density at radius 1 is 1.30 bits per heavy atom. The summed E-state index contributed by atoms with van der Waals surface area (Å²) in [4.78, 5) is 27.4. The predicted molar refractivity (Wildman–Crippen MR) is 82.3 cm³/mol. The number of likely N-dealkylation sites (tertiary alicyclic amines) is 1. The summed E-state index contributed by atoms with van der Waals surface area (Å²) in [6, 6.07) is -0.764. The van der Waals surface area contributed by atoms with Gasteiger partial charge in [-0.05, 0) is 12.8 Å². The van der Waals surface area contributed by atoms with Crippen LogP contribution >= 0.6 is 0 Å². The molecule has 6 nitrogen and oxygen atoms in total. The number of hydrogen-bond donors (Lipinski definition) is 2. The number of nitrogens with zero attached hydrogens (tertiary/aromatic N) is 2. The summed E-state index contributed by atoms with van der Waals surface area (Å²) in [5.41, 5.74) is 0. The number of carbonyl (C=O) groups is 2. The normalized spacial score (nSPS) is 25.3. The number of piperidine rings is 1. The zero-order valence-corrected chi connectivity index (χ0v) is 13.8. The summed E-state index contributed by atoms with van der Waals surface area (Å²) in [5.74, 6) is -3.01. The third-order valence-corrected chi connectivity index (χ3v) is 4.50. The van der Waals surface area contributed by atoms with Gasteiger partial charge in [-0.15, -0.1) is 0 Å². The van der Waals surface area contributed by atoms with Crippen LogP contribution in [-0.4, -0.2) is 79.9 Å². The van der Waals surface area contributed by atoms with Gasteiger partial charge in [0.25, 0.3) is 5.92 Å². The van der Waals surface area contributed by atoms with Gasteiger partial charge in [-0.1, -0.05) is 0 Å². The first-order chi connectivity index (χ1) is 10.8. The number of alkyl halides is 2. The minimum Gasteiger partial charge on any atom is -0.352 e. The van der Waals surface area contributed by atoms with E-state index in [-0.39, 0.29) is 17.9 Å². The molecule has 1 unspecified atom stereocenters. The largest absolute Gasteiger partial charge is 0.352 e. The average molecular weight is 332 g/mol. The quantitative estimate of drug-likeness (QED) is 0.746. The lowest BCUT2D eigenvalue weighted by Gasteiger charge is -2.32. The fourth-order valence-corrected chi connectivity index (χ4v) is 2.98. The number of hydrogen-bond acceptors (Lipinski definition) is 4. The number of amides is 2. The number of nitrogens with one attached hydrogen (secondary N) is 2. The molecule has 2 amide bonds. The van der Waals surface area contributed by atoms with E-state index in [9.17, 15) is 18.4 Å². The minimum atomic E-state index is -2.79. The summed E-state index contributed by atoms with van der Waals surface area (Å²) in [6.45, 7) is 1.90. The van der Waals surface area contributed by atoms with E-state index in [1.165, 1.54) is 0 Å². The first-order valence-electron chi connectivity index (χ1n) is 8.11. The fraction of sp³-hybridized carbons (Fsp3) is 0.867. The van der Waals surface area contributed by atoms with Gasteiger partial charge in [0, 0.05) is 52.6 Å². The molecule has 2 heterocycles.